The molecule has 1 fully saturated rings. The minimum atomic E-state index is -1.45. The summed E-state index contributed by atoms with van der Waals surface area (Å²) in [5, 5.41) is 4.07. The van der Waals surface area contributed by atoms with Crippen LogP contribution in [0.3, 0.4) is 0 Å². The van der Waals surface area contributed by atoms with Gasteiger partial charge in [0.1, 0.15) is 5.75 Å². The highest BCUT2D eigenvalue weighted by Gasteiger charge is 2.54. The van der Waals surface area contributed by atoms with E-state index in [1.807, 2.05) is 24.3 Å². The molecule has 0 saturated carbocycles. The van der Waals surface area contributed by atoms with Crippen molar-refractivity contribution in [2.45, 2.75) is 10.7 Å². The molecule has 4 aromatic rings. The summed E-state index contributed by atoms with van der Waals surface area (Å²) in [7, 11) is 1.58. The zero-order chi connectivity index (χ0) is 24.4. The number of ether oxygens (including phenoxy) is 1. The van der Waals surface area contributed by atoms with E-state index in [1.54, 1.807) is 61.7 Å². The van der Waals surface area contributed by atoms with E-state index in [1.165, 1.54) is 0 Å². The molecular formula is C25H21N5O4S. The Balaban J connectivity index is 1.33. The van der Waals surface area contributed by atoms with Crippen molar-refractivity contribution in [1.29, 1.82) is 0 Å². The number of benzene rings is 3. The molecule has 3 aromatic carbocycles. The minimum absolute atomic E-state index is 0.0578. The van der Waals surface area contributed by atoms with Gasteiger partial charge in [-0.05, 0) is 23.3 Å². The van der Waals surface area contributed by atoms with Gasteiger partial charge in [0, 0.05) is 6.07 Å². The third-order valence-electron chi connectivity index (χ3n) is 5.68. The van der Waals surface area contributed by atoms with E-state index in [4.69, 9.17) is 4.74 Å². The number of nitrogens with zero attached hydrogens (tertiary/aromatic N) is 2. The fourth-order valence-electron chi connectivity index (χ4n) is 4.02. The summed E-state index contributed by atoms with van der Waals surface area (Å²) in [4.78, 5) is 46.8. The fraction of sp³-hybridized carbons (Fsp3) is 0.120. The molecule has 1 aliphatic heterocycles. The largest absolute Gasteiger partial charge is 0.497 e. The lowest BCUT2D eigenvalue weighted by Gasteiger charge is -2.27. The molecule has 176 valence electrons. The Morgan fingerprint density at radius 2 is 1.69 bits per heavy atom. The van der Waals surface area contributed by atoms with Crippen LogP contribution in [0.5, 0.6) is 5.75 Å². The highest BCUT2D eigenvalue weighted by Crippen LogP contribution is 2.35. The molecule has 35 heavy (non-hydrogen) atoms. The van der Waals surface area contributed by atoms with Crippen molar-refractivity contribution in [3.05, 3.63) is 90.0 Å². The van der Waals surface area contributed by atoms with Crippen molar-refractivity contribution < 1.29 is 19.1 Å². The van der Waals surface area contributed by atoms with E-state index in [2.05, 4.69) is 20.7 Å². The molecule has 0 spiro atoms. The monoisotopic (exact) mass is 487 g/mol. The predicted octanol–water partition coefficient (Wildman–Crippen LogP) is 3.19. The van der Waals surface area contributed by atoms with Gasteiger partial charge in [0.15, 0.2) is 10.7 Å². The summed E-state index contributed by atoms with van der Waals surface area (Å²) in [5.41, 5.74) is 3.69. The molecule has 3 N–H and O–H groups in total. The Kier molecular flexibility index (Phi) is 5.87. The first-order chi connectivity index (χ1) is 17.0. The molecule has 0 atom stereocenters. The predicted molar refractivity (Wildman–Crippen MR) is 131 cm³/mol. The molecule has 0 bridgehead atoms. The van der Waals surface area contributed by atoms with Crippen molar-refractivity contribution in [2.75, 3.05) is 12.9 Å². The summed E-state index contributed by atoms with van der Waals surface area (Å²) in [6.07, 6.45) is 0. The van der Waals surface area contributed by atoms with E-state index < -0.39 is 23.4 Å². The molecule has 1 aromatic heterocycles. The smallest absolute Gasteiger partial charge is 0.344 e. The number of carbonyl (C=O) groups excluding carboxylic acids is 3. The number of thioether (sulfide) groups is 1. The van der Waals surface area contributed by atoms with Gasteiger partial charge < -0.3 is 15.0 Å². The maximum atomic E-state index is 13.6. The second kappa shape index (κ2) is 9.15. The average Bonchev–Trinajstić information content (AvgIpc) is 3.42. The Morgan fingerprint density at radius 1 is 1.03 bits per heavy atom. The van der Waals surface area contributed by atoms with Gasteiger partial charge >= 0.3 is 6.03 Å². The van der Waals surface area contributed by atoms with Gasteiger partial charge in [0.25, 0.3) is 5.91 Å². The first kappa shape index (κ1) is 22.5. The highest BCUT2D eigenvalue weighted by molar-refractivity contribution is 7.99. The Morgan fingerprint density at radius 3 is 2.31 bits per heavy atom. The maximum Gasteiger partial charge on any atom is 0.344 e. The van der Waals surface area contributed by atoms with Gasteiger partial charge in [-0.15, -0.1) is 0 Å². The highest BCUT2D eigenvalue weighted by atomic mass is 32.2. The van der Waals surface area contributed by atoms with Crippen LogP contribution in [0.2, 0.25) is 0 Å². The van der Waals surface area contributed by atoms with E-state index in [9.17, 15) is 14.4 Å². The number of hydrogen-bond donors (Lipinski definition) is 3. The van der Waals surface area contributed by atoms with E-state index in [0.29, 0.717) is 22.0 Å². The van der Waals surface area contributed by atoms with Crippen LogP contribution in [0.1, 0.15) is 11.1 Å². The van der Waals surface area contributed by atoms with Gasteiger partial charge in [0.2, 0.25) is 5.91 Å². The lowest BCUT2D eigenvalue weighted by molar-refractivity contribution is -0.137. The van der Waals surface area contributed by atoms with Gasteiger partial charge in [-0.25, -0.2) is 9.78 Å². The number of methoxy groups -OCH3 is 1. The molecule has 2 heterocycles. The van der Waals surface area contributed by atoms with Crippen LogP contribution < -0.4 is 15.5 Å². The number of rotatable bonds is 7. The summed E-state index contributed by atoms with van der Waals surface area (Å²) >= 11 is 1.16. The summed E-state index contributed by atoms with van der Waals surface area (Å²) in [6, 6.07) is 22.6. The molecule has 5 rings (SSSR count). The number of hydrazine groups is 1. The number of hydrogen-bond acceptors (Lipinski definition) is 6. The second-order valence-corrected chi connectivity index (χ2v) is 8.77. The number of aromatic amines is 1. The Hall–Kier alpha value is -4.31. The van der Waals surface area contributed by atoms with E-state index >= 15 is 0 Å². The Bertz CT molecular complexity index is 1370. The van der Waals surface area contributed by atoms with Crippen LogP contribution in [0, 0.1) is 0 Å². The minimum Gasteiger partial charge on any atom is -0.497 e. The topological polar surface area (TPSA) is 116 Å². The zero-order valence-electron chi connectivity index (χ0n) is 18.6. The third-order valence-corrected chi connectivity index (χ3v) is 6.55. The van der Waals surface area contributed by atoms with Crippen LogP contribution in [0.15, 0.2) is 84.0 Å². The molecule has 0 radical (unpaired) electrons. The first-order valence-corrected chi connectivity index (χ1v) is 11.7. The average molecular weight is 488 g/mol. The fourth-order valence-corrected chi connectivity index (χ4v) is 4.69. The number of fused-ring (bicyclic) bond motifs is 1. The molecular weight excluding hydrogens is 466 g/mol. The maximum absolute atomic E-state index is 13.6. The van der Waals surface area contributed by atoms with Crippen LogP contribution in [0.25, 0.3) is 11.0 Å². The number of aromatic nitrogens is 2. The number of amides is 4. The van der Waals surface area contributed by atoms with Crippen molar-refractivity contribution in [1.82, 2.24) is 25.7 Å². The number of imidazole rings is 1. The number of urea groups is 1. The quantitative estimate of drug-likeness (QED) is 0.272. The Labute approximate surface area is 204 Å². The molecule has 10 heteroatoms. The molecule has 9 nitrogen and oxygen atoms in total. The van der Waals surface area contributed by atoms with Crippen molar-refractivity contribution in [2.24, 2.45) is 0 Å². The lowest BCUT2D eigenvalue weighted by atomic mass is 9.83. The summed E-state index contributed by atoms with van der Waals surface area (Å²) in [6.45, 7) is 0. The molecule has 0 aliphatic carbocycles. The van der Waals surface area contributed by atoms with Crippen LogP contribution in [0.4, 0.5) is 4.79 Å². The van der Waals surface area contributed by atoms with Crippen molar-refractivity contribution in [3.8, 4) is 5.75 Å². The number of imide groups is 1. The second-order valence-electron chi connectivity index (χ2n) is 7.80. The van der Waals surface area contributed by atoms with E-state index in [0.717, 1.165) is 27.8 Å². The van der Waals surface area contributed by atoms with Gasteiger partial charge in [-0.2, -0.15) is 5.01 Å². The number of carbonyl (C=O) groups is 3. The first-order valence-electron chi connectivity index (χ1n) is 10.7. The van der Waals surface area contributed by atoms with Crippen LogP contribution >= 0.6 is 11.8 Å². The van der Waals surface area contributed by atoms with Gasteiger partial charge in [-0.1, -0.05) is 72.4 Å². The van der Waals surface area contributed by atoms with Gasteiger partial charge in [0.05, 0.1) is 23.9 Å². The molecule has 0 unspecified atom stereocenters. The number of H-pyrrole nitrogens is 1. The third kappa shape index (κ3) is 4.08. The SMILES string of the molecule is COc1ccc2nc(SCC(=O)NN3C(=O)NC(c4ccccc4)(c4ccccc4)C3=O)[nH]c2c1. The lowest BCUT2D eigenvalue weighted by Crippen LogP contribution is -2.49. The van der Waals surface area contributed by atoms with Crippen molar-refractivity contribution >= 4 is 40.6 Å². The summed E-state index contributed by atoms with van der Waals surface area (Å²) in [5.74, 6) is -0.477. The standard InChI is InChI=1S/C25H21N5O4S/c1-34-18-12-13-19-20(14-18)27-23(26-19)35-15-21(31)29-30-22(32)25(28-24(30)33,16-8-4-2-5-9-16)17-10-6-3-7-11-17/h2-14H,15H2,1H3,(H,26,27)(H,28,33)(H,29,31). The van der Waals surface area contributed by atoms with E-state index in [-0.39, 0.29) is 5.75 Å². The molecule has 4 amide bonds. The zero-order valence-corrected chi connectivity index (χ0v) is 19.5. The van der Waals surface area contributed by atoms with Gasteiger partial charge in [-0.3, -0.25) is 15.0 Å². The van der Waals surface area contributed by atoms with Crippen LogP contribution in [-0.4, -0.2) is 45.7 Å². The molecule has 1 saturated heterocycles. The van der Waals surface area contributed by atoms with Crippen LogP contribution in [-0.2, 0) is 15.1 Å². The normalized spacial score (nSPS) is 14.7. The molecule has 1 aliphatic rings. The number of nitrogens with one attached hydrogen (secondary N) is 3. The summed E-state index contributed by atoms with van der Waals surface area (Å²) < 4.78 is 5.21. The van der Waals surface area contributed by atoms with Crippen molar-refractivity contribution in [3.63, 3.8) is 0 Å².